The van der Waals surface area contributed by atoms with Crippen molar-refractivity contribution in [3.05, 3.63) is 119 Å². The first-order valence-electron chi connectivity index (χ1n) is 12.9. The third-order valence-corrected chi connectivity index (χ3v) is 6.84. The number of ether oxygens (including phenoxy) is 4. The second-order valence-corrected chi connectivity index (χ2v) is 9.27. The van der Waals surface area contributed by atoms with Crippen molar-refractivity contribution in [1.82, 2.24) is 0 Å². The van der Waals surface area contributed by atoms with Crippen molar-refractivity contribution in [2.75, 3.05) is 26.4 Å². The van der Waals surface area contributed by atoms with Crippen molar-refractivity contribution in [2.45, 2.75) is 19.3 Å². The fraction of sp³-hybridized carbons (Fsp3) is 0.212. The second-order valence-electron chi connectivity index (χ2n) is 9.27. The maximum atomic E-state index is 11.0. The Morgan fingerprint density at radius 3 is 1.31 bits per heavy atom. The van der Waals surface area contributed by atoms with Crippen LogP contribution >= 0.6 is 0 Å². The van der Waals surface area contributed by atoms with E-state index in [0.717, 1.165) is 11.1 Å². The van der Waals surface area contributed by atoms with Gasteiger partial charge in [-0.1, -0.05) is 72.8 Å². The van der Waals surface area contributed by atoms with Gasteiger partial charge in [-0.15, -0.1) is 0 Å². The first-order valence-corrected chi connectivity index (χ1v) is 12.9. The van der Waals surface area contributed by atoms with Gasteiger partial charge in [0.1, 0.15) is 37.9 Å². The summed E-state index contributed by atoms with van der Waals surface area (Å²) in [7, 11) is 0. The minimum absolute atomic E-state index is 0.205. The number of esters is 2. The van der Waals surface area contributed by atoms with Crippen molar-refractivity contribution >= 4 is 11.9 Å². The average Bonchev–Trinajstić information content (AvgIpc) is 3.25. The number of benzene rings is 4. The highest BCUT2D eigenvalue weighted by atomic mass is 16.6. The van der Waals surface area contributed by atoms with Gasteiger partial charge in [0.2, 0.25) is 0 Å². The molecule has 0 spiro atoms. The number of hydrogen-bond acceptors (Lipinski definition) is 6. The molecule has 0 bridgehead atoms. The second kappa shape index (κ2) is 11.4. The van der Waals surface area contributed by atoms with Gasteiger partial charge in [0.05, 0.1) is 5.41 Å². The van der Waals surface area contributed by atoms with E-state index in [1.54, 1.807) is 0 Å². The molecule has 0 radical (unpaired) electrons. The number of hydrogen-bond donors (Lipinski definition) is 0. The predicted octanol–water partition coefficient (Wildman–Crippen LogP) is 5.93. The molecule has 0 unspecified atom stereocenters. The van der Waals surface area contributed by atoms with E-state index in [2.05, 4.69) is 72.8 Å². The molecule has 0 atom stereocenters. The highest BCUT2D eigenvalue weighted by Gasteiger charge is 2.45. The Labute approximate surface area is 228 Å². The van der Waals surface area contributed by atoms with Gasteiger partial charge in [0, 0.05) is 13.8 Å². The van der Waals surface area contributed by atoms with E-state index in [0.29, 0.717) is 11.5 Å². The zero-order chi connectivity index (χ0) is 27.2. The third kappa shape index (κ3) is 5.23. The van der Waals surface area contributed by atoms with Gasteiger partial charge in [0.25, 0.3) is 0 Å². The van der Waals surface area contributed by atoms with E-state index < -0.39 is 5.41 Å². The Hall–Kier alpha value is -4.58. The molecular formula is C33H30O6. The summed E-state index contributed by atoms with van der Waals surface area (Å²) in [5.41, 5.74) is 6.50. The number of carbonyl (C=O) groups is 2. The first-order chi connectivity index (χ1) is 19.0. The Morgan fingerprint density at radius 1 is 0.538 bits per heavy atom. The molecule has 39 heavy (non-hydrogen) atoms. The van der Waals surface area contributed by atoms with Gasteiger partial charge >= 0.3 is 11.9 Å². The van der Waals surface area contributed by atoms with Crippen LogP contribution in [-0.2, 0) is 24.5 Å². The number of rotatable bonds is 10. The summed E-state index contributed by atoms with van der Waals surface area (Å²) in [6.45, 7) is 3.75. The number of fused-ring (bicyclic) bond motifs is 3. The number of carbonyl (C=O) groups excluding carboxylic acids is 2. The molecule has 5 rings (SSSR count). The summed E-state index contributed by atoms with van der Waals surface area (Å²) in [6, 6.07) is 33.3. The lowest BCUT2D eigenvalue weighted by molar-refractivity contribution is -0.142. The van der Waals surface area contributed by atoms with Gasteiger partial charge in [-0.25, -0.2) is 0 Å². The lowest BCUT2D eigenvalue weighted by Gasteiger charge is -2.34. The average molecular weight is 523 g/mol. The monoisotopic (exact) mass is 522 g/mol. The Bertz CT molecular complexity index is 1340. The third-order valence-electron chi connectivity index (χ3n) is 6.84. The molecule has 0 fully saturated rings. The zero-order valence-electron chi connectivity index (χ0n) is 22.0. The van der Waals surface area contributed by atoms with Crippen LogP contribution in [0, 0.1) is 0 Å². The van der Waals surface area contributed by atoms with Crippen molar-refractivity contribution in [1.29, 1.82) is 0 Å². The van der Waals surface area contributed by atoms with Gasteiger partial charge in [-0.2, -0.15) is 0 Å². The highest BCUT2D eigenvalue weighted by molar-refractivity contribution is 5.86. The molecule has 4 aromatic carbocycles. The molecule has 0 aliphatic heterocycles. The first kappa shape index (κ1) is 26.0. The minimum atomic E-state index is -0.542. The summed E-state index contributed by atoms with van der Waals surface area (Å²) in [5, 5.41) is 0. The maximum Gasteiger partial charge on any atom is 0.302 e. The normalized spacial score (nSPS) is 12.7. The van der Waals surface area contributed by atoms with Crippen LogP contribution in [0.25, 0.3) is 11.1 Å². The van der Waals surface area contributed by atoms with Crippen molar-refractivity contribution in [2.24, 2.45) is 0 Å². The minimum Gasteiger partial charge on any atom is -0.490 e. The molecule has 0 saturated carbocycles. The van der Waals surface area contributed by atoms with Crippen molar-refractivity contribution < 1.29 is 28.5 Å². The van der Waals surface area contributed by atoms with Crippen LogP contribution in [-0.4, -0.2) is 38.4 Å². The van der Waals surface area contributed by atoms with Crippen LogP contribution < -0.4 is 9.47 Å². The molecule has 1 aliphatic carbocycles. The van der Waals surface area contributed by atoms with Crippen LogP contribution in [0.3, 0.4) is 0 Å². The molecule has 0 amide bonds. The van der Waals surface area contributed by atoms with Gasteiger partial charge in [-0.3, -0.25) is 9.59 Å². The lowest BCUT2D eigenvalue weighted by atomic mass is 9.68. The van der Waals surface area contributed by atoms with Crippen LogP contribution in [0.15, 0.2) is 97.1 Å². The fourth-order valence-electron chi connectivity index (χ4n) is 5.32. The summed E-state index contributed by atoms with van der Waals surface area (Å²) in [6.07, 6.45) is 0. The molecule has 1 aliphatic rings. The molecule has 0 heterocycles. The standard InChI is InChI=1S/C33H30O6/c1-23(34)36-19-21-38-27-15-11-25(12-16-27)33(26-13-17-28(18-14-26)39-22-20-37-24(2)35)31-9-5-3-7-29(31)30-8-4-6-10-32(30)33/h3-18H,19-22H2,1-2H3. The Kier molecular flexibility index (Phi) is 7.64. The van der Waals surface area contributed by atoms with E-state index in [4.69, 9.17) is 18.9 Å². The lowest BCUT2D eigenvalue weighted by Crippen LogP contribution is -2.28. The van der Waals surface area contributed by atoms with Crippen molar-refractivity contribution in [3.63, 3.8) is 0 Å². The van der Waals surface area contributed by atoms with Crippen LogP contribution in [0.1, 0.15) is 36.1 Å². The van der Waals surface area contributed by atoms with Crippen LogP contribution in [0.5, 0.6) is 11.5 Å². The summed E-state index contributed by atoms with van der Waals surface area (Å²) in [5.74, 6) is 0.764. The van der Waals surface area contributed by atoms with E-state index in [-0.39, 0.29) is 38.4 Å². The summed E-state index contributed by atoms with van der Waals surface area (Å²) < 4.78 is 21.6. The largest absolute Gasteiger partial charge is 0.490 e. The van der Waals surface area contributed by atoms with E-state index in [1.807, 2.05) is 24.3 Å². The van der Waals surface area contributed by atoms with E-state index in [9.17, 15) is 9.59 Å². The molecule has 0 N–H and O–H groups in total. The highest BCUT2D eigenvalue weighted by Crippen LogP contribution is 2.56. The maximum absolute atomic E-state index is 11.0. The van der Waals surface area contributed by atoms with E-state index in [1.165, 1.54) is 36.1 Å². The van der Waals surface area contributed by atoms with Crippen LogP contribution in [0.4, 0.5) is 0 Å². The van der Waals surface area contributed by atoms with Gasteiger partial charge in [0.15, 0.2) is 0 Å². The molecule has 198 valence electrons. The fourth-order valence-corrected chi connectivity index (χ4v) is 5.32. The molecule has 6 heteroatoms. The van der Waals surface area contributed by atoms with Gasteiger partial charge in [-0.05, 0) is 57.6 Å². The topological polar surface area (TPSA) is 71.1 Å². The van der Waals surface area contributed by atoms with Gasteiger partial charge < -0.3 is 18.9 Å². The summed E-state index contributed by atoms with van der Waals surface area (Å²) in [4.78, 5) is 22.1. The SMILES string of the molecule is CC(=O)OCCOc1ccc(C2(c3ccc(OCCOC(C)=O)cc3)c3ccccc3-c3ccccc32)cc1. The molecule has 4 aromatic rings. The molecule has 6 nitrogen and oxygen atoms in total. The quantitative estimate of drug-likeness (QED) is 0.167. The summed E-state index contributed by atoms with van der Waals surface area (Å²) >= 11 is 0. The molecule has 0 aromatic heterocycles. The smallest absolute Gasteiger partial charge is 0.302 e. The Morgan fingerprint density at radius 2 is 0.923 bits per heavy atom. The van der Waals surface area contributed by atoms with Crippen molar-refractivity contribution in [3.8, 4) is 22.6 Å². The van der Waals surface area contributed by atoms with Crippen LogP contribution in [0.2, 0.25) is 0 Å². The Balaban J connectivity index is 1.52. The molecular weight excluding hydrogens is 492 g/mol. The zero-order valence-corrected chi connectivity index (χ0v) is 22.0. The predicted molar refractivity (Wildman–Crippen MR) is 148 cm³/mol. The van der Waals surface area contributed by atoms with E-state index >= 15 is 0 Å². The molecule has 0 saturated heterocycles.